The average Bonchev–Trinajstić information content (AvgIpc) is 2.69. The fourth-order valence-electron chi connectivity index (χ4n) is 2.11. The monoisotopic (exact) mass is 299 g/mol. The molecule has 2 rings (SSSR count). The number of nitrogens with two attached hydrogens (primary N) is 1. The number of benzene rings is 1. The van der Waals surface area contributed by atoms with Gasteiger partial charge in [0.2, 0.25) is 0 Å². The highest BCUT2D eigenvalue weighted by atomic mass is 32.2. The summed E-state index contributed by atoms with van der Waals surface area (Å²) >= 11 is 0. The van der Waals surface area contributed by atoms with Gasteiger partial charge < -0.3 is 15.2 Å². The number of nitrogen functional groups attached to an aromatic ring is 1. The Kier molecular flexibility index (Phi) is 4.17. The fourth-order valence-corrected chi connectivity index (χ4v) is 3.70. The van der Waals surface area contributed by atoms with Gasteiger partial charge in [0.05, 0.1) is 18.1 Å². The first kappa shape index (κ1) is 14.6. The highest BCUT2D eigenvalue weighted by Gasteiger charge is 2.32. The topological polar surface area (TPSA) is 95.7 Å². The van der Waals surface area contributed by atoms with Gasteiger partial charge >= 0.3 is 5.97 Å². The van der Waals surface area contributed by atoms with Crippen molar-refractivity contribution in [2.75, 3.05) is 23.8 Å². The second-order valence-electron chi connectivity index (χ2n) is 4.58. The lowest BCUT2D eigenvalue weighted by Crippen LogP contribution is -2.21. The molecule has 1 aromatic rings. The van der Waals surface area contributed by atoms with Gasteiger partial charge in [0, 0.05) is 5.69 Å². The van der Waals surface area contributed by atoms with Crippen LogP contribution in [0.15, 0.2) is 18.2 Å². The molecule has 7 heteroatoms. The molecule has 1 fully saturated rings. The Morgan fingerprint density at radius 3 is 2.80 bits per heavy atom. The summed E-state index contributed by atoms with van der Waals surface area (Å²) in [5.41, 5.74) is 6.18. The number of hydrogen-bond acceptors (Lipinski definition) is 6. The summed E-state index contributed by atoms with van der Waals surface area (Å²) in [4.78, 5) is 12.2. The highest BCUT2D eigenvalue weighted by Crippen LogP contribution is 2.27. The Morgan fingerprint density at radius 1 is 1.45 bits per heavy atom. The van der Waals surface area contributed by atoms with E-state index in [1.165, 1.54) is 0 Å². The number of carbonyl (C=O) groups excluding carboxylic acids is 1. The van der Waals surface area contributed by atoms with Gasteiger partial charge in [0.25, 0.3) is 0 Å². The van der Waals surface area contributed by atoms with Crippen molar-refractivity contribution >= 4 is 21.5 Å². The zero-order chi connectivity index (χ0) is 14.8. The van der Waals surface area contributed by atoms with Crippen LogP contribution in [-0.4, -0.2) is 38.6 Å². The molecule has 0 amide bonds. The van der Waals surface area contributed by atoms with Crippen molar-refractivity contribution in [3.63, 3.8) is 0 Å². The third kappa shape index (κ3) is 3.22. The SMILES string of the molecule is CCOc1cccc(N)c1C(=O)OC1CCS(=O)(=O)C1. The van der Waals surface area contributed by atoms with Crippen LogP contribution < -0.4 is 10.5 Å². The van der Waals surface area contributed by atoms with Gasteiger partial charge in [0.1, 0.15) is 17.4 Å². The molecular formula is C13H17NO5S. The van der Waals surface area contributed by atoms with Gasteiger partial charge in [-0.05, 0) is 25.5 Å². The molecule has 0 bridgehead atoms. The molecule has 6 nitrogen and oxygen atoms in total. The molecule has 0 saturated carbocycles. The molecule has 0 spiro atoms. The smallest absolute Gasteiger partial charge is 0.344 e. The molecule has 1 unspecified atom stereocenters. The molecule has 1 heterocycles. The van der Waals surface area contributed by atoms with E-state index in [2.05, 4.69) is 0 Å². The number of hydrogen-bond donors (Lipinski definition) is 1. The summed E-state index contributed by atoms with van der Waals surface area (Å²) in [6.07, 6.45) is -0.285. The molecule has 110 valence electrons. The van der Waals surface area contributed by atoms with Crippen LogP contribution >= 0.6 is 0 Å². The fraction of sp³-hybridized carbons (Fsp3) is 0.462. The van der Waals surface area contributed by atoms with E-state index in [4.69, 9.17) is 15.2 Å². The first-order valence-electron chi connectivity index (χ1n) is 6.35. The Hall–Kier alpha value is -1.76. The predicted molar refractivity (Wildman–Crippen MR) is 74.5 cm³/mol. The maximum atomic E-state index is 12.2. The first-order chi connectivity index (χ1) is 9.43. The molecule has 2 N–H and O–H groups in total. The zero-order valence-corrected chi connectivity index (χ0v) is 12.0. The summed E-state index contributed by atoms with van der Waals surface area (Å²) in [6, 6.07) is 4.88. The van der Waals surface area contributed by atoms with Crippen LogP contribution in [0.3, 0.4) is 0 Å². The zero-order valence-electron chi connectivity index (χ0n) is 11.2. The van der Waals surface area contributed by atoms with E-state index in [1.54, 1.807) is 25.1 Å². The van der Waals surface area contributed by atoms with Crippen molar-refractivity contribution in [3.8, 4) is 5.75 Å². The summed E-state index contributed by atoms with van der Waals surface area (Å²) < 4.78 is 33.3. The van der Waals surface area contributed by atoms with E-state index in [-0.39, 0.29) is 22.8 Å². The average molecular weight is 299 g/mol. The summed E-state index contributed by atoms with van der Waals surface area (Å²) in [6.45, 7) is 2.18. The van der Waals surface area contributed by atoms with Crippen molar-refractivity contribution in [3.05, 3.63) is 23.8 Å². The second kappa shape index (κ2) is 5.70. The number of ether oxygens (including phenoxy) is 2. The Bertz CT molecular complexity index is 611. The van der Waals surface area contributed by atoms with Gasteiger partial charge in [0.15, 0.2) is 9.84 Å². The standard InChI is InChI=1S/C13H17NO5S/c1-2-18-11-5-3-4-10(14)12(11)13(15)19-9-6-7-20(16,17)8-9/h3-5,9H,2,6-8,14H2,1H3. The third-order valence-electron chi connectivity index (χ3n) is 3.03. The number of rotatable bonds is 4. The van der Waals surface area contributed by atoms with E-state index in [0.717, 1.165) is 0 Å². The minimum absolute atomic E-state index is 0.0491. The predicted octanol–water partition coefficient (Wildman–Crippen LogP) is 1.01. The first-order valence-corrected chi connectivity index (χ1v) is 8.18. The molecule has 1 aromatic carbocycles. The van der Waals surface area contributed by atoms with Crippen molar-refractivity contribution in [1.82, 2.24) is 0 Å². The summed E-state index contributed by atoms with van der Waals surface area (Å²) in [5.74, 6) is -0.379. The third-order valence-corrected chi connectivity index (χ3v) is 4.76. The van der Waals surface area contributed by atoms with Gasteiger partial charge in [-0.2, -0.15) is 0 Å². The van der Waals surface area contributed by atoms with Crippen molar-refractivity contribution in [2.24, 2.45) is 0 Å². The van der Waals surface area contributed by atoms with Gasteiger partial charge in [-0.25, -0.2) is 13.2 Å². The minimum atomic E-state index is -3.09. The van der Waals surface area contributed by atoms with Crippen LogP contribution in [-0.2, 0) is 14.6 Å². The molecule has 1 aliphatic rings. The van der Waals surface area contributed by atoms with Crippen LogP contribution in [0.5, 0.6) is 5.75 Å². The van der Waals surface area contributed by atoms with E-state index in [9.17, 15) is 13.2 Å². The van der Waals surface area contributed by atoms with Crippen molar-refractivity contribution < 1.29 is 22.7 Å². The van der Waals surface area contributed by atoms with Crippen LogP contribution in [0, 0.1) is 0 Å². The van der Waals surface area contributed by atoms with E-state index in [1.807, 2.05) is 0 Å². The number of sulfone groups is 1. The quantitative estimate of drug-likeness (QED) is 0.658. The van der Waals surface area contributed by atoms with E-state index in [0.29, 0.717) is 18.8 Å². The lowest BCUT2D eigenvalue weighted by Gasteiger charge is -2.14. The number of anilines is 1. The molecule has 0 radical (unpaired) electrons. The molecular weight excluding hydrogens is 282 g/mol. The van der Waals surface area contributed by atoms with Crippen molar-refractivity contribution in [1.29, 1.82) is 0 Å². The number of esters is 1. The lowest BCUT2D eigenvalue weighted by molar-refractivity contribution is 0.0353. The van der Waals surface area contributed by atoms with Gasteiger partial charge in [-0.15, -0.1) is 0 Å². The molecule has 0 aliphatic carbocycles. The normalized spacial score (nSPS) is 20.6. The molecule has 0 aromatic heterocycles. The molecule has 20 heavy (non-hydrogen) atoms. The Morgan fingerprint density at radius 2 is 2.20 bits per heavy atom. The van der Waals surface area contributed by atoms with Crippen LogP contribution in [0.25, 0.3) is 0 Å². The van der Waals surface area contributed by atoms with Crippen LogP contribution in [0.1, 0.15) is 23.7 Å². The van der Waals surface area contributed by atoms with Crippen molar-refractivity contribution in [2.45, 2.75) is 19.4 Å². The Labute approximate surface area is 117 Å². The van der Waals surface area contributed by atoms with E-state index >= 15 is 0 Å². The van der Waals surface area contributed by atoms with Gasteiger partial charge in [-0.3, -0.25) is 0 Å². The minimum Gasteiger partial charge on any atom is -0.493 e. The maximum Gasteiger partial charge on any atom is 0.344 e. The molecule has 1 aliphatic heterocycles. The van der Waals surface area contributed by atoms with Crippen LogP contribution in [0.4, 0.5) is 5.69 Å². The number of carbonyl (C=O) groups is 1. The molecule has 1 atom stereocenters. The maximum absolute atomic E-state index is 12.2. The highest BCUT2D eigenvalue weighted by molar-refractivity contribution is 7.91. The van der Waals surface area contributed by atoms with E-state index < -0.39 is 21.9 Å². The second-order valence-corrected chi connectivity index (χ2v) is 6.81. The van der Waals surface area contributed by atoms with Crippen LogP contribution in [0.2, 0.25) is 0 Å². The summed E-state index contributed by atoms with van der Waals surface area (Å²) in [5, 5.41) is 0. The largest absolute Gasteiger partial charge is 0.493 e. The summed E-state index contributed by atoms with van der Waals surface area (Å²) in [7, 11) is -3.09. The lowest BCUT2D eigenvalue weighted by atomic mass is 10.1. The van der Waals surface area contributed by atoms with Gasteiger partial charge in [-0.1, -0.05) is 6.07 Å². The molecule has 1 saturated heterocycles. The Balaban J connectivity index is 2.17.